The lowest BCUT2D eigenvalue weighted by Crippen LogP contribution is -2.61. The molecule has 0 spiro atoms. The Morgan fingerprint density at radius 3 is 1.11 bits per heavy atom. The molecule has 1 rings (SSSR count). The van der Waals surface area contributed by atoms with Crippen LogP contribution >= 0.6 is 0 Å². The van der Waals surface area contributed by atoms with Gasteiger partial charge in [-0.05, 0) is 51.4 Å². The van der Waals surface area contributed by atoms with Crippen molar-refractivity contribution in [2.45, 2.75) is 436 Å². The fourth-order valence-corrected chi connectivity index (χ4v) is 12.4. The quantitative estimate of drug-likeness (QED) is 0.0195. The predicted octanol–water partition coefficient (Wildman–Crippen LogP) is 20.0. The molecule has 6 N–H and O–H groups in total. The third-order valence-electron chi connectivity index (χ3n) is 18.4. The van der Waals surface area contributed by atoms with Gasteiger partial charge in [-0.15, -0.1) is 0 Å². The first-order valence-electron chi connectivity index (χ1n) is 38.1. The average Bonchev–Trinajstić information content (AvgIpc) is 1.53. The second-order valence-corrected chi connectivity index (χ2v) is 26.7. The van der Waals surface area contributed by atoms with Crippen LogP contribution in [0.1, 0.15) is 387 Å². The Bertz CT molecular complexity index is 1510. The Balaban J connectivity index is 2.54. The second kappa shape index (κ2) is 64.3. The first-order valence-corrected chi connectivity index (χ1v) is 38.1. The molecule has 87 heavy (non-hydrogen) atoms. The SMILES string of the molecule is CCCCCCCC/C=C/CCCCCCCCCCCCCCCCC(O)C(=O)NC(COC1OC(CO)C(O)C(O)C1OC(=O)CCCCCCCCCCCCCCCCCCCCCCC)C(O)/C=C/CCCCCCCCCCCCC. The van der Waals surface area contributed by atoms with E-state index in [9.17, 15) is 35.1 Å². The van der Waals surface area contributed by atoms with E-state index in [0.29, 0.717) is 19.3 Å². The second-order valence-electron chi connectivity index (χ2n) is 26.7. The molecule has 514 valence electrons. The number of amides is 1. The van der Waals surface area contributed by atoms with Gasteiger partial charge < -0.3 is 45.1 Å². The highest BCUT2D eigenvalue weighted by Gasteiger charge is 2.47. The van der Waals surface area contributed by atoms with Crippen molar-refractivity contribution in [3.63, 3.8) is 0 Å². The van der Waals surface area contributed by atoms with Crippen LogP contribution in [0, 0.1) is 0 Å². The molecule has 11 heteroatoms. The van der Waals surface area contributed by atoms with E-state index in [1.165, 1.54) is 283 Å². The lowest BCUT2D eigenvalue weighted by Gasteiger charge is -2.41. The number of aliphatic hydroxyl groups excluding tert-OH is 5. The Morgan fingerprint density at radius 2 is 0.759 bits per heavy atom. The Kier molecular flexibility index (Phi) is 61.4. The summed E-state index contributed by atoms with van der Waals surface area (Å²) < 4.78 is 17.7. The van der Waals surface area contributed by atoms with Crippen LogP contribution in [-0.2, 0) is 23.8 Å². The van der Waals surface area contributed by atoms with Crippen LogP contribution < -0.4 is 5.32 Å². The Hall–Kier alpha value is -1.86. The monoisotopic (exact) mass is 1230 g/mol. The van der Waals surface area contributed by atoms with Crippen molar-refractivity contribution < 1.29 is 49.3 Å². The molecular weight excluding hydrogens is 1090 g/mol. The van der Waals surface area contributed by atoms with E-state index in [4.69, 9.17) is 14.2 Å². The van der Waals surface area contributed by atoms with E-state index in [-0.39, 0.29) is 13.0 Å². The number of esters is 1. The first-order chi connectivity index (χ1) is 42.7. The lowest BCUT2D eigenvalue weighted by molar-refractivity contribution is -0.305. The standard InChI is InChI=1S/C76H145NO10/c1-4-7-10-13-16-19-22-25-27-29-31-33-34-35-37-38-40-42-45-48-51-54-57-60-63-69(80)75(84)77-67(68(79)62-59-56-53-50-47-44-24-21-18-15-12-9-6-3)66-85-76-74(73(83)72(82)70(65-78)86-76)87-71(81)64-61-58-55-52-49-46-43-41-39-36-32-30-28-26-23-20-17-14-11-8-5-2/h25,27,59,62,67-70,72-74,76,78-80,82-83H,4-24,26,28-58,60-61,63-66H2,1-3H3,(H,77,84)/b27-25+,62-59+. The largest absolute Gasteiger partial charge is 0.454 e. The van der Waals surface area contributed by atoms with Crippen molar-refractivity contribution in [2.75, 3.05) is 13.2 Å². The van der Waals surface area contributed by atoms with E-state index in [0.717, 1.165) is 57.8 Å². The maximum Gasteiger partial charge on any atom is 0.306 e. The van der Waals surface area contributed by atoms with Crippen molar-refractivity contribution >= 4 is 11.9 Å². The molecular formula is C76H145NO10. The van der Waals surface area contributed by atoms with Crippen LogP contribution in [0.3, 0.4) is 0 Å². The maximum absolute atomic E-state index is 13.5. The molecule has 0 saturated carbocycles. The number of unbranched alkanes of at least 4 members (excludes halogenated alkanes) is 51. The van der Waals surface area contributed by atoms with E-state index in [1.54, 1.807) is 6.08 Å². The van der Waals surface area contributed by atoms with E-state index in [2.05, 4.69) is 38.2 Å². The molecule has 11 nitrogen and oxygen atoms in total. The molecule has 1 aliphatic rings. The molecule has 0 radical (unpaired) electrons. The van der Waals surface area contributed by atoms with Gasteiger partial charge in [-0.3, -0.25) is 9.59 Å². The van der Waals surface area contributed by atoms with Crippen LogP contribution in [0.4, 0.5) is 0 Å². The van der Waals surface area contributed by atoms with Gasteiger partial charge in [0.25, 0.3) is 0 Å². The maximum atomic E-state index is 13.5. The smallest absolute Gasteiger partial charge is 0.306 e. The van der Waals surface area contributed by atoms with E-state index >= 15 is 0 Å². The third-order valence-corrected chi connectivity index (χ3v) is 18.4. The summed E-state index contributed by atoms with van der Waals surface area (Å²) in [7, 11) is 0. The summed E-state index contributed by atoms with van der Waals surface area (Å²) >= 11 is 0. The minimum atomic E-state index is -1.61. The average molecular weight is 1230 g/mol. The summed E-state index contributed by atoms with van der Waals surface area (Å²) in [6.45, 7) is 5.87. The van der Waals surface area contributed by atoms with Gasteiger partial charge >= 0.3 is 5.97 Å². The summed E-state index contributed by atoms with van der Waals surface area (Å²) in [6.07, 6.45) is 68.0. The van der Waals surface area contributed by atoms with Crippen molar-refractivity contribution in [3.05, 3.63) is 24.3 Å². The molecule has 8 unspecified atom stereocenters. The summed E-state index contributed by atoms with van der Waals surface area (Å²) in [5, 5.41) is 57.4. The highest BCUT2D eigenvalue weighted by atomic mass is 16.7. The topological polar surface area (TPSA) is 175 Å². The fraction of sp³-hybridized carbons (Fsp3) is 0.921. The van der Waals surface area contributed by atoms with Gasteiger partial charge in [0.2, 0.25) is 5.91 Å². The molecule has 1 amide bonds. The molecule has 1 fully saturated rings. The van der Waals surface area contributed by atoms with Crippen molar-refractivity contribution in [1.29, 1.82) is 0 Å². The lowest BCUT2D eigenvalue weighted by atomic mass is 9.99. The number of rotatable bonds is 67. The number of hydrogen-bond donors (Lipinski definition) is 6. The fourth-order valence-electron chi connectivity index (χ4n) is 12.4. The number of carbonyl (C=O) groups excluding carboxylic acids is 2. The summed E-state index contributed by atoms with van der Waals surface area (Å²) in [5.41, 5.74) is 0. The number of nitrogens with one attached hydrogen (secondary N) is 1. The highest BCUT2D eigenvalue weighted by Crippen LogP contribution is 2.27. The predicted molar refractivity (Wildman–Crippen MR) is 366 cm³/mol. The third kappa shape index (κ3) is 51.4. The van der Waals surface area contributed by atoms with Crippen LogP contribution in [0.25, 0.3) is 0 Å². The van der Waals surface area contributed by atoms with Gasteiger partial charge in [0.15, 0.2) is 12.4 Å². The molecule has 0 aromatic rings. The zero-order chi connectivity index (χ0) is 63.1. The van der Waals surface area contributed by atoms with Gasteiger partial charge in [-0.1, -0.05) is 353 Å². The van der Waals surface area contributed by atoms with Crippen LogP contribution in [0.2, 0.25) is 0 Å². The Labute approximate surface area is 537 Å². The molecule has 0 aromatic heterocycles. The highest BCUT2D eigenvalue weighted by molar-refractivity contribution is 5.80. The van der Waals surface area contributed by atoms with Crippen LogP contribution in [0.5, 0.6) is 0 Å². The van der Waals surface area contributed by atoms with Crippen molar-refractivity contribution in [2.24, 2.45) is 0 Å². The molecule has 0 bridgehead atoms. The summed E-state index contributed by atoms with van der Waals surface area (Å²) in [5.74, 6) is -1.17. The van der Waals surface area contributed by atoms with Crippen molar-refractivity contribution in [1.82, 2.24) is 5.32 Å². The van der Waals surface area contributed by atoms with Crippen LogP contribution in [0.15, 0.2) is 24.3 Å². The molecule has 0 aliphatic carbocycles. The number of carbonyl (C=O) groups is 2. The summed E-state index contributed by atoms with van der Waals surface area (Å²) in [6, 6.07) is -1.02. The molecule has 1 saturated heterocycles. The van der Waals surface area contributed by atoms with E-state index < -0.39 is 67.4 Å². The van der Waals surface area contributed by atoms with Gasteiger partial charge in [0.05, 0.1) is 25.4 Å². The van der Waals surface area contributed by atoms with Crippen LogP contribution in [-0.4, -0.2) is 99.6 Å². The molecule has 1 aliphatic heterocycles. The Morgan fingerprint density at radius 1 is 0.437 bits per heavy atom. The number of ether oxygens (including phenoxy) is 3. The number of allylic oxidation sites excluding steroid dienone is 3. The van der Waals surface area contributed by atoms with Gasteiger partial charge in [0.1, 0.15) is 24.4 Å². The normalized spacial score (nSPS) is 18.3. The zero-order valence-corrected chi connectivity index (χ0v) is 57.4. The zero-order valence-electron chi connectivity index (χ0n) is 57.4. The first kappa shape index (κ1) is 83.2. The van der Waals surface area contributed by atoms with Gasteiger partial charge in [-0.25, -0.2) is 0 Å². The van der Waals surface area contributed by atoms with Gasteiger partial charge in [0, 0.05) is 6.42 Å². The van der Waals surface area contributed by atoms with Crippen molar-refractivity contribution in [3.8, 4) is 0 Å². The minimum absolute atomic E-state index is 0.131. The summed E-state index contributed by atoms with van der Waals surface area (Å²) in [4.78, 5) is 26.7. The molecule has 0 aromatic carbocycles. The van der Waals surface area contributed by atoms with E-state index in [1.807, 2.05) is 6.08 Å². The minimum Gasteiger partial charge on any atom is -0.454 e. The number of aliphatic hydroxyl groups is 5. The number of hydrogen-bond acceptors (Lipinski definition) is 10. The molecule has 1 heterocycles. The molecule has 8 atom stereocenters. The van der Waals surface area contributed by atoms with Gasteiger partial charge in [-0.2, -0.15) is 0 Å².